The van der Waals surface area contributed by atoms with Crippen LogP contribution >= 0.6 is 0 Å². The van der Waals surface area contributed by atoms with Gasteiger partial charge in [0.25, 0.3) is 0 Å². The summed E-state index contributed by atoms with van der Waals surface area (Å²) < 4.78 is 46.7. The molecule has 1 aromatic heterocycles. The molecule has 2 rings (SSSR count). The first-order valence-corrected chi connectivity index (χ1v) is 8.81. The second-order valence-electron chi connectivity index (χ2n) is 6.08. The van der Waals surface area contributed by atoms with Crippen molar-refractivity contribution >= 4 is 12.0 Å². The van der Waals surface area contributed by atoms with Gasteiger partial charge in [0.1, 0.15) is 6.54 Å². The van der Waals surface area contributed by atoms with Gasteiger partial charge in [-0.1, -0.05) is 29.4 Å². The average molecular weight is 414 g/mol. The average Bonchev–Trinajstić information content (AvgIpc) is 3.17. The molecule has 2 aromatic rings. The fourth-order valence-corrected chi connectivity index (χ4v) is 2.46. The van der Waals surface area contributed by atoms with Gasteiger partial charge in [-0.25, -0.2) is 4.79 Å². The molecule has 0 bridgehead atoms. The summed E-state index contributed by atoms with van der Waals surface area (Å²) in [4.78, 5) is 30.2. The van der Waals surface area contributed by atoms with E-state index in [1.54, 1.807) is 38.1 Å². The van der Waals surface area contributed by atoms with Gasteiger partial charge in [0.05, 0.1) is 6.61 Å². The van der Waals surface area contributed by atoms with E-state index >= 15 is 0 Å². The van der Waals surface area contributed by atoms with Crippen LogP contribution < -0.4 is 0 Å². The molecule has 0 aliphatic heterocycles. The Balaban J connectivity index is 2.04. The van der Waals surface area contributed by atoms with Crippen LogP contribution in [0, 0.1) is 0 Å². The summed E-state index contributed by atoms with van der Waals surface area (Å²) in [5.41, 5.74) is 1.09. The molecule has 0 spiro atoms. The van der Waals surface area contributed by atoms with Gasteiger partial charge in [-0.05, 0) is 19.4 Å². The molecule has 1 heterocycles. The number of likely N-dealkylation sites (N-methyl/N-ethyl adjacent to an activating group) is 1. The van der Waals surface area contributed by atoms with Gasteiger partial charge in [0.15, 0.2) is 0 Å². The summed E-state index contributed by atoms with van der Waals surface area (Å²) >= 11 is 0. The Morgan fingerprint density at radius 3 is 2.34 bits per heavy atom. The van der Waals surface area contributed by atoms with E-state index in [0.717, 1.165) is 5.56 Å². The van der Waals surface area contributed by atoms with Gasteiger partial charge in [-0.2, -0.15) is 18.2 Å². The molecule has 29 heavy (non-hydrogen) atoms. The van der Waals surface area contributed by atoms with Crippen LogP contribution in [0.2, 0.25) is 0 Å². The topological polar surface area (TPSA) is 88.8 Å². The van der Waals surface area contributed by atoms with Crippen molar-refractivity contribution in [2.45, 2.75) is 26.6 Å². The lowest BCUT2D eigenvalue weighted by Crippen LogP contribution is -2.43. The third-order valence-electron chi connectivity index (χ3n) is 3.90. The first-order valence-electron chi connectivity index (χ1n) is 8.81. The molecule has 0 saturated carbocycles. The lowest BCUT2D eigenvalue weighted by Gasteiger charge is -2.26. The number of urea groups is 1. The second kappa shape index (κ2) is 9.39. The zero-order valence-electron chi connectivity index (χ0n) is 16.2. The van der Waals surface area contributed by atoms with Gasteiger partial charge < -0.3 is 19.1 Å². The highest BCUT2D eigenvalue weighted by Crippen LogP contribution is 2.29. The van der Waals surface area contributed by atoms with Crippen molar-refractivity contribution in [3.8, 4) is 11.4 Å². The molecular formula is C18H21F3N4O4. The van der Waals surface area contributed by atoms with Gasteiger partial charge in [-0.3, -0.25) is 4.79 Å². The number of rotatable bonds is 7. The third kappa shape index (κ3) is 5.93. The van der Waals surface area contributed by atoms with Crippen LogP contribution in [-0.2, 0) is 22.3 Å². The molecule has 158 valence electrons. The Morgan fingerprint density at radius 1 is 1.17 bits per heavy atom. The van der Waals surface area contributed by atoms with E-state index in [1.807, 2.05) is 0 Å². The van der Waals surface area contributed by atoms with Crippen molar-refractivity contribution < 1.29 is 32.0 Å². The Hall–Kier alpha value is -3.11. The zero-order valence-corrected chi connectivity index (χ0v) is 16.2. The van der Waals surface area contributed by atoms with Crippen LogP contribution in [0.5, 0.6) is 0 Å². The largest absolute Gasteiger partial charge is 0.471 e. The van der Waals surface area contributed by atoms with Crippen molar-refractivity contribution in [1.29, 1.82) is 0 Å². The minimum Gasteiger partial charge on any atom is -0.465 e. The quantitative estimate of drug-likeness (QED) is 0.647. The fourth-order valence-electron chi connectivity index (χ4n) is 2.46. The maximum atomic E-state index is 12.6. The number of carbonyl (C=O) groups excluding carboxylic acids is 2. The number of hydrogen-bond donors (Lipinski definition) is 0. The second-order valence-corrected chi connectivity index (χ2v) is 6.08. The number of alkyl halides is 3. The van der Waals surface area contributed by atoms with Crippen LogP contribution in [0.15, 0.2) is 28.8 Å². The normalized spacial score (nSPS) is 11.2. The lowest BCUT2D eigenvalue weighted by atomic mass is 10.1. The molecule has 0 saturated heterocycles. The van der Waals surface area contributed by atoms with Crippen LogP contribution in [0.4, 0.5) is 18.0 Å². The molecule has 0 fully saturated rings. The zero-order chi connectivity index (χ0) is 21.6. The maximum Gasteiger partial charge on any atom is 0.471 e. The number of esters is 1. The van der Waals surface area contributed by atoms with E-state index in [9.17, 15) is 22.8 Å². The molecule has 8 nitrogen and oxygen atoms in total. The Morgan fingerprint density at radius 2 is 1.83 bits per heavy atom. The van der Waals surface area contributed by atoms with Crippen molar-refractivity contribution in [3.63, 3.8) is 0 Å². The van der Waals surface area contributed by atoms with Gasteiger partial charge >= 0.3 is 24.1 Å². The van der Waals surface area contributed by atoms with Crippen LogP contribution in [-0.4, -0.2) is 58.7 Å². The number of benzene rings is 1. The number of hydrogen-bond acceptors (Lipinski definition) is 6. The highest BCUT2D eigenvalue weighted by Gasteiger charge is 2.38. The predicted molar refractivity (Wildman–Crippen MR) is 95.5 cm³/mol. The molecule has 0 radical (unpaired) electrons. The highest BCUT2D eigenvalue weighted by atomic mass is 19.4. The first kappa shape index (κ1) is 22.2. The summed E-state index contributed by atoms with van der Waals surface area (Å²) in [6.45, 7) is 4.19. The SMILES string of the molecule is CCOC(=O)CN(C)C(=O)N(CC)Cc1ccc(-c2noc(C(F)(F)F)n2)cc1. The third-order valence-corrected chi connectivity index (χ3v) is 3.90. The molecule has 2 amide bonds. The highest BCUT2D eigenvalue weighted by molar-refractivity contribution is 5.80. The minimum atomic E-state index is -4.71. The first-order chi connectivity index (χ1) is 13.7. The standard InChI is InChI=1S/C18H21F3N4O4/c1-4-25(17(27)24(3)11-14(26)28-5-2)10-12-6-8-13(9-7-12)15-22-16(29-23-15)18(19,20)21/h6-9H,4-5,10-11H2,1-3H3. The number of carbonyl (C=O) groups is 2. The predicted octanol–water partition coefficient (Wildman–Crippen LogP) is 3.19. The van der Waals surface area contributed by atoms with Crippen molar-refractivity contribution in [1.82, 2.24) is 19.9 Å². The number of nitrogens with zero attached hydrogens (tertiary/aromatic N) is 4. The molecule has 0 atom stereocenters. The molecule has 0 unspecified atom stereocenters. The lowest BCUT2D eigenvalue weighted by molar-refractivity contribution is -0.159. The summed E-state index contributed by atoms with van der Waals surface area (Å²) in [7, 11) is 1.50. The maximum absolute atomic E-state index is 12.6. The van der Waals surface area contributed by atoms with E-state index < -0.39 is 18.0 Å². The number of ether oxygens (including phenoxy) is 1. The Labute approximate surface area is 165 Å². The number of halogens is 3. The molecule has 1 aromatic carbocycles. The summed E-state index contributed by atoms with van der Waals surface area (Å²) in [5, 5.41) is 3.33. The van der Waals surface area contributed by atoms with Gasteiger partial charge in [0.2, 0.25) is 5.82 Å². The molecule has 0 aliphatic carbocycles. The number of amides is 2. The van der Waals surface area contributed by atoms with E-state index in [2.05, 4.69) is 14.7 Å². The van der Waals surface area contributed by atoms with E-state index in [0.29, 0.717) is 12.1 Å². The molecular weight excluding hydrogens is 393 g/mol. The molecule has 0 aliphatic rings. The summed E-state index contributed by atoms with van der Waals surface area (Å²) in [5.74, 6) is -2.09. The van der Waals surface area contributed by atoms with Crippen molar-refractivity contribution in [2.24, 2.45) is 0 Å². The minimum absolute atomic E-state index is 0.165. The smallest absolute Gasteiger partial charge is 0.465 e. The van der Waals surface area contributed by atoms with Crippen molar-refractivity contribution in [3.05, 3.63) is 35.7 Å². The molecule has 11 heteroatoms. The van der Waals surface area contributed by atoms with E-state index in [1.165, 1.54) is 16.8 Å². The summed E-state index contributed by atoms with van der Waals surface area (Å²) in [6.07, 6.45) is -4.71. The van der Waals surface area contributed by atoms with Crippen molar-refractivity contribution in [2.75, 3.05) is 26.7 Å². The summed E-state index contributed by atoms with van der Waals surface area (Å²) in [6, 6.07) is 6.04. The van der Waals surface area contributed by atoms with Crippen LogP contribution in [0.3, 0.4) is 0 Å². The van der Waals surface area contributed by atoms with Crippen LogP contribution in [0.1, 0.15) is 25.3 Å². The monoisotopic (exact) mass is 414 g/mol. The van der Waals surface area contributed by atoms with Gasteiger partial charge in [0, 0.05) is 25.7 Å². The van der Waals surface area contributed by atoms with E-state index in [4.69, 9.17) is 4.74 Å². The fraction of sp³-hybridized carbons (Fsp3) is 0.444. The molecule has 0 N–H and O–H groups in total. The van der Waals surface area contributed by atoms with E-state index in [-0.39, 0.29) is 31.6 Å². The van der Waals surface area contributed by atoms with Gasteiger partial charge in [-0.15, -0.1) is 0 Å². The Bertz CT molecular complexity index is 836. The number of aromatic nitrogens is 2. The Kier molecular flexibility index (Phi) is 7.18. The van der Waals surface area contributed by atoms with Crippen LogP contribution in [0.25, 0.3) is 11.4 Å².